The average molecular weight is 555 g/mol. The lowest BCUT2D eigenvalue weighted by molar-refractivity contribution is -0.127. The van der Waals surface area contributed by atoms with Crippen molar-refractivity contribution in [3.8, 4) is 0 Å². The van der Waals surface area contributed by atoms with Gasteiger partial charge in [0.2, 0.25) is 5.91 Å². The molecule has 220 valence electrons. The summed E-state index contributed by atoms with van der Waals surface area (Å²) in [7, 11) is 0. The van der Waals surface area contributed by atoms with Crippen LogP contribution >= 0.6 is 0 Å². The van der Waals surface area contributed by atoms with Crippen molar-refractivity contribution in [2.45, 2.75) is 105 Å². The van der Waals surface area contributed by atoms with E-state index in [-0.39, 0.29) is 11.7 Å². The molecule has 0 aromatic heterocycles. The van der Waals surface area contributed by atoms with E-state index in [1.165, 1.54) is 36.0 Å². The summed E-state index contributed by atoms with van der Waals surface area (Å²) in [5.41, 5.74) is 8.21. The smallest absolute Gasteiger partial charge is 0.222 e. The Kier molecular flexibility index (Phi) is 11.5. The number of amides is 1. The number of rotatable bonds is 15. The second-order valence-corrected chi connectivity index (χ2v) is 12.5. The maximum atomic E-state index is 13.1. The Hall–Kier alpha value is -3.01. The zero-order chi connectivity index (χ0) is 29.2. The molecule has 0 N–H and O–H groups in total. The fourth-order valence-electron chi connectivity index (χ4n) is 6.21. The number of nitrogens with zero attached hydrogens (tertiary/aromatic N) is 2. The van der Waals surface area contributed by atoms with Crippen molar-refractivity contribution in [1.29, 1.82) is 0 Å². The van der Waals surface area contributed by atoms with Crippen molar-refractivity contribution >= 4 is 23.1 Å². The molecule has 4 heteroatoms. The molecule has 4 rings (SSSR count). The molecule has 1 fully saturated rings. The highest BCUT2D eigenvalue weighted by Crippen LogP contribution is 2.30. The van der Waals surface area contributed by atoms with Gasteiger partial charge in [0, 0.05) is 37.2 Å². The molecule has 0 bridgehead atoms. The van der Waals surface area contributed by atoms with Crippen LogP contribution < -0.4 is 0 Å². The molecule has 1 amide bonds. The van der Waals surface area contributed by atoms with Gasteiger partial charge >= 0.3 is 0 Å². The molecule has 0 spiro atoms. The monoisotopic (exact) mass is 554 g/mol. The Labute approximate surface area is 248 Å². The third-order valence-corrected chi connectivity index (χ3v) is 9.21. The maximum Gasteiger partial charge on any atom is 0.222 e. The lowest BCUT2D eigenvalue weighted by atomic mass is 9.82. The van der Waals surface area contributed by atoms with Crippen LogP contribution in [0.3, 0.4) is 0 Å². The minimum atomic E-state index is 0.193. The van der Waals surface area contributed by atoms with Gasteiger partial charge in [-0.2, -0.15) is 0 Å². The SMILES string of the molecule is CC1=CC=C(C(C)=Nc2cc(C(=O)CCCCCN3CCCC3=O)ccc2CCCCCC2=CC=CC(C)C2C)C1. The van der Waals surface area contributed by atoms with Crippen molar-refractivity contribution < 1.29 is 9.59 Å². The summed E-state index contributed by atoms with van der Waals surface area (Å²) in [5, 5.41) is 0. The number of aryl methyl sites for hydroxylation is 1. The molecule has 2 atom stereocenters. The van der Waals surface area contributed by atoms with Crippen LogP contribution in [0.5, 0.6) is 0 Å². The van der Waals surface area contributed by atoms with E-state index in [0.29, 0.717) is 24.7 Å². The number of carbonyl (C=O) groups is 2. The molecule has 2 unspecified atom stereocenters. The molecule has 41 heavy (non-hydrogen) atoms. The number of hydrogen-bond donors (Lipinski definition) is 0. The van der Waals surface area contributed by atoms with Crippen LogP contribution in [0.1, 0.15) is 114 Å². The zero-order valence-electron chi connectivity index (χ0n) is 25.9. The summed E-state index contributed by atoms with van der Waals surface area (Å²) in [6, 6.07) is 6.18. The normalized spacial score (nSPS) is 20.9. The molecule has 0 saturated carbocycles. The number of Topliss-reactive ketones (excluding diaryl/α,β-unsaturated/α-hetero) is 1. The highest BCUT2D eigenvalue weighted by atomic mass is 16.2. The van der Waals surface area contributed by atoms with Crippen LogP contribution in [-0.2, 0) is 11.2 Å². The van der Waals surface area contributed by atoms with Crippen molar-refractivity contribution in [2.75, 3.05) is 13.1 Å². The highest BCUT2D eigenvalue weighted by Gasteiger charge is 2.19. The minimum absolute atomic E-state index is 0.193. The van der Waals surface area contributed by atoms with Gasteiger partial charge in [0.15, 0.2) is 5.78 Å². The zero-order valence-corrected chi connectivity index (χ0v) is 25.9. The van der Waals surface area contributed by atoms with Gasteiger partial charge in [-0.15, -0.1) is 0 Å². The number of hydrogen-bond acceptors (Lipinski definition) is 3. The molecule has 3 aliphatic rings. The van der Waals surface area contributed by atoms with Crippen LogP contribution in [0, 0.1) is 11.8 Å². The van der Waals surface area contributed by atoms with Crippen LogP contribution in [-0.4, -0.2) is 35.4 Å². The van der Waals surface area contributed by atoms with Gasteiger partial charge in [0.1, 0.15) is 0 Å². The quantitative estimate of drug-likeness (QED) is 0.123. The Morgan fingerprint density at radius 3 is 2.56 bits per heavy atom. The second-order valence-electron chi connectivity index (χ2n) is 12.5. The van der Waals surface area contributed by atoms with Crippen molar-refractivity contribution in [1.82, 2.24) is 4.90 Å². The van der Waals surface area contributed by atoms with E-state index in [1.54, 1.807) is 5.57 Å². The molecule has 4 nitrogen and oxygen atoms in total. The molecule has 1 saturated heterocycles. The van der Waals surface area contributed by atoms with Crippen LogP contribution in [0.25, 0.3) is 0 Å². The molecule has 1 aromatic carbocycles. The van der Waals surface area contributed by atoms with Crippen LogP contribution in [0.2, 0.25) is 0 Å². The van der Waals surface area contributed by atoms with E-state index >= 15 is 0 Å². The van der Waals surface area contributed by atoms with Crippen LogP contribution in [0.15, 0.2) is 70.3 Å². The van der Waals surface area contributed by atoms with Gasteiger partial charge in [-0.3, -0.25) is 14.6 Å². The summed E-state index contributed by atoms with van der Waals surface area (Å²) < 4.78 is 0. The van der Waals surface area contributed by atoms with E-state index in [4.69, 9.17) is 4.99 Å². The lowest BCUT2D eigenvalue weighted by Crippen LogP contribution is -2.25. The fourth-order valence-corrected chi connectivity index (χ4v) is 6.21. The number of benzene rings is 1. The van der Waals surface area contributed by atoms with Crippen molar-refractivity contribution in [2.24, 2.45) is 16.8 Å². The molecule has 2 aliphatic carbocycles. The standard InChI is InChI=1S/C37H50N2O2/c1-27-19-20-33(25-27)30(4)38-35-26-34(36(40)17-9-6-10-23-39-24-12-18-37(39)41)22-21-32(35)15-8-5-7-14-31-16-11-13-28(2)29(31)3/h11,13,16,19-22,26,28-29H,5-10,12,14-15,17-18,23-25H2,1-4H3. The number of allylic oxidation sites excluding steroid dienone is 8. The van der Waals surface area contributed by atoms with Gasteiger partial charge in [0.25, 0.3) is 0 Å². The van der Waals surface area contributed by atoms with Crippen molar-refractivity contribution in [3.63, 3.8) is 0 Å². The van der Waals surface area contributed by atoms with Gasteiger partial charge < -0.3 is 4.90 Å². The molecular weight excluding hydrogens is 504 g/mol. The predicted octanol–water partition coefficient (Wildman–Crippen LogP) is 9.29. The molecule has 0 radical (unpaired) electrons. The first-order valence-corrected chi connectivity index (χ1v) is 16.0. The topological polar surface area (TPSA) is 49.7 Å². The van der Waals surface area contributed by atoms with Gasteiger partial charge in [-0.25, -0.2) is 0 Å². The van der Waals surface area contributed by atoms with Crippen molar-refractivity contribution in [3.05, 3.63) is 76.4 Å². The number of aliphatic imine (C=N–C) groups is 1. The highest BCUT2D eigenvalue weighted by molar-refractivity contribution is 6.02. The van der Waals surface area contributed by atoms with E-state index in [1.807, 2.05) is 17.0 Å². The number of likely N-dealkylation sites (tertiary alicyclic amines) is 1. The van der Waals surface area contributed by atoms with Gasteiger partial charge in [-0.1, -0.05) is 80.3 Å². The number of ketones is 1. The first-order chi connectivity index (χ1) is 19.8. The summed E-state index contributed by atoms with van der Waals surface area (Å²) in [6.45, 7) is 10.6. The molecule has 1 aliphatic heterocycles. The van der Waals surface area contributed by atoms with Gasteiger partial charge in [0.05, 0.1) is 5.69 Å². The average Bonchev–Trinajstić information content (AvgIpc) is 3.58. The second kappa shape index (κ2) is 15.3. The fraction of sp³-hybridized carbons (Fsp3) is 0.541. The van der Waals surface area contributed by atoms with E-state index in [0.717, 1.165) is 75.0 Å². The Balaban J connectivity index is 1.33. The summed E-state index contributed by atoms with van der Waals surface area (Å²) in [5.74, 6) is 1.76. The van der Waals surface area contributed by atoms with Gasteiger partial charge in [-0.05, 0) is 94.3 Å². The number of carbonyl (C=O) groups excluding carboxylic acids is 2. The first-order valence-electron chi connectivity index (χ1n) is 16.0. The van der Waals surface area contributed by atoms with E-state index in [9.17, 15) is 9.59 Å². The number of unbranched alkanes of at least 4 members (excludes halogenated alkanes) is 4. The van der Waals surface area contributed by atoms with E-state index in [2.05, 4.69) is 64.1 Å². The summed E-state index contributed by atoms with van der Waals surface area (Å²) in [4.78, 5) is 32.0. The third-order valence-electron chi connectivity index (χ3n) is 9.21. The molecular formula is C37H50N2O2. The largest absolute Gasteiger partial charge is 0.343 e. The van der Waals surface area contributed by atoms with Crippen LogP contribution in [0.4, 0.5) is 5.69 Å². The predicted molar refractivity (Wildman–Crippen MR) is 172 cm³/mol. The maximum absolute atomic E-state index is 13.1. The minimum Gasteiger partial charge on any atom is -0.343 e. The third kappa shape index (κ3) is 8.99. The lowest BCUT2D eigenvalue weighted by Gasteiger charge is -2.23. The molecule has 1 heterocycles. The Morgan fingerprint density at radius 1 is 1.00 bits per heavy atom. The Bertz CT molecular complexity index is 1250. The summed E-state index contributed by atoms with van der Waals surface area (Å²) >= 11 is 0. The van der Waals surface area contributed by atoms with E-state index < -0.39 is 0 Å². The first kappa shape index (κ1) is 30.9. The Morgan fingerprint density at radius 2 is 1.80 bits per heavy atom. The molecule has 1 aromatic rings. The summed E-state index contributed by atoms with van der Waals surface area (Å²) in [6.07, 6.45) is 22.9.